The number of carbonyl (C=O) groups is 2. The molecular formula is C19H24N2O3S. The van der Waals surface area contributed by atoms with Crippen LogP contribution < -0.4 is 0 Å². The first-order chi connectivity index (χ1) is 11.9. The molecule has 0 saturated heterocycles. The zero-order chi connectivity index (χ0) is 18.6. The molecule has 1 aromatic carbocycles. The van der Waals surface area contributed by atoms with Gasteiger partial charge >= 0.3 is 5.97 Å². The van der Waals surface area contributed by atoms with Gasteiger partial charge in [0.1, 0.15) is 5.69 Å². The highest BCUT2D eigenvalue weighted by atomic mass is 32.2. The molecule has 0 saturated carbocycles. The Morgan fingerprint density at radius 3 is 2.40 bits per heavy atom. The smallest absolute Gasteiger partial charge is 0.340 e. The van der Waals surface area contributed by atoms with E-state index in [1.807, 2.05) is 30.5 Å². The third kappa shape index (κ3) is 4.25. The van der Waals surface area contributed by atoms with Crippen LogP contribution in [0.15, 0.2) is 29.2 Å². The molecule has 25 heavy (non-hydrogen) atoms. The number of ether oxygens (including phenoxy) is 1. The molecule has 0 unspecified atom stereocenters. The van der Waals surface area contributed by atoms with Crippen molar-refractivity contribution in [2.45, 2.75) is 32.2 Å². The molecule has 0 bridgehead atoms. The first-order valence-electron chi connectivity index (χ1n) is 8.13. The summed E-state index contributed by atoms with van der Waals surface area (Å²) in [4.78, 5) is 30.7. The lowest BCUT2D eigenvalue weighted by Gasteiger charge is -2.17. The number of rotatable bonds is 6. The highest BCUT2D eigenvalue weighted by molar-refractivity contribution is 7.98. The van der Waals surface area contributed by atoms with Crippen LogP contribution in [0, 0.1) is 13.8 Å². The molecule has 0 atom stereocenters. The van der Waals surface area contributed by atoms with Gasteiger partial charge in [-0.05, 0) is 50.3 Å². The number of nitrogens with one attached hydrogen (secondary N) is 1. The summed E-state index contributed by atoms with van der Waals surface area (Å²) in [6, 6.07) is 8.13. The number of carbonyl (C=O) groups excluding carboxylic acids is 2. The Hall–Kier alpha value is -2.21. The van der Waals surface area contributed by atoms with E-state index in [1.54, 1.807) is 44.5 Å². The number of aromatic amines is 1. The molecule has 0 aliphatic heterocycles. The zero-order valence-electron chi connectivity index (χ0n) is 15.3. The average Bonchev–Trinajstić information content (AvgIpc) is 2.89. The highest BCUT2D eigenvalue weighted by Gasteiger charge is 2.24. The maximum atomic E-state index is 12.8. The SMILES string of the molecule is CCOC(=O)c1c(C)[nH]c(C(=O)N(C)Cc2ccc(SC)cc2)c1C. The van der Waals surface area contributed by atoms with Crippen molar-refractivity contribution in [1.29, 1.82) is 0 Å². The number of thioether (sulfide) groups is 1. The molecule has 134 valence electrons. The molecule has 0 aliphatic carbocycles. The molecule has 1 N–H and O–H groups in total. The summed E-state index contributed by atoms with van der Waals surface area (Å²) in [5.41, 5.74) is 3.22. The molecule has 0 fully saturated rings. The summed E-state index contributed by atoms with van der Waals surface area (Å²) in [5.74, 6) is -0.548. The molecule has 2 aromatic rings. The molecule has 0 aliphatic rings. The molecule has 1 heterocycles. The molecule has 6 heteroatoms. The number of hydrogen-bond donors (Lipinski definition) is 1. The van der Waals surface area contributed by atoms with Gasteiger partial charge in [-0.25, -0.2) is 4.79 Å². The first-order valence-corrected chi connectivity index (χ1v) is 9.36. The summed E-state index contributed by atoms with van der Waals surface area (Å²) in [6.45, 7) is 6.11. The summed E-state index contributed by atoms with van der Waals surface area (Å²) in [7, 11) is 1.75. The van der Waals surface area contributed by atoms with E-state index < -0.39 is 5.97 Å². The van der Waals surface area contributed by atoms with Gasteiger partial charge in [-0.1, -0.05) is 12.1 Å². The number of aromatic nitrogens is 1. The molecular weight excluding hydrogens is 336 g/mol. The molecule has 5 nitrogen and oxygen atoms in total. The number of H-pyrrole nitrogens is 1. The van der Waals surface area contributed by atoms with Gasteiger partial charge in [-0.2, -0.15) is 0 Å². The van der Waals surface area contributed by atoms with E-state index >= 15 is 0 Å². The molecule has 2 rings (SSSR count). The summed E-state index contributed by atoms with van der Waals surface area (Å²) >= 11 is 1.68. The Morgan fingerprint density at radius 1 is 1.20 bits per heavy atom. The third-order valence-corrected chi connectivity index (χ3v) is 4.80. The van der Waals surface area contributed by atoms with Gasteiger partial charge in [-0.3, -0.25) is 4.79 Å². The van der Waals surface area contributed by atoms with E-state index in [9.17, 15) is 9.59 Å². The van der Waals surface area contributed by atoms with Crippen LogP contribution in [-0.2, 0) is 11.3 Å². The maximum absolute atomic E-state index is 12.8. The predicted molar refractivity (Wildman–Crippen MR) is 100 cm³/mol. The van der Waals surface area contributed by atoms with Crippen molar-refractivity contribution in [3.8, 4) is 0 Å². The predicted octanol–water partition coefficient (Wildman–Crippen LogP) is 3.80. The van der Waals surface area contributed by atoms with Crippen molar-refractivity contribution in [3.63, 3.8) is 0 Å². The van der Waals surface area contributed by atoms with E-state index in [1.165, 1.54) is 4.90 Å². The van der Waals surface area contributed by atoms with Crippen LogP contribution >= 0.6 is 11.8 Å². The number of aryl methyl sites for hydroxylation is 1. The molecule has 1 aromatic heterocycles. The lowest BCUT2D eigenvalue weighted by atomic mass is 10.1. The summed E-state index contributed by atoms with van der Waals surface area (Å²) < 4.78 is 5.07. The van der Waals surface area contributed by atoms with Crippen LogP contribution in [0.25, 0.3) is 0 Å². The van der Waals surface area contributed by atoms with E-state index in [4.69, 9.17) is 4.74 Å². The second kappa shape index (κ2) is 8.25. The number of amides is 1. The van der Waals surface area contributed by atoms with Crippen LogP contribution in [0.2, 0.25) is 0 Å². The lowest BCUT2D eigenvalue weighted by Crippen LogP contribution is -2.27. The second-order valence-corrected chi connectivity index (χ2v) is 6.73. The lowest BCUT2D eigenvalue weighted by molar-refractivity contribution is 0.0525. The Bertz CT molecular complexity index is 766. The molecule has 0 spiro atoms. The van der Waals surface area contributed by atoms with Crippen LogP contribution in [0.4, 0.5) is 0 Å². The Labute approximate surface area is 152 Å². The normalized spacial score (nSPS) is 10.6. The minimum atomic E-state index is -0.400. The van der Waals surface area contributed by atoms with E-state index in [0.717, 1.165) is 5.56 Å². The van der Waals surface area contributed by atoms with Gasteiger partial charge in [0.05, 0.1) is 12.2 Å². The number of nitrogens with zero attached hydrogens (tertiary/aromatic N) is 1. The quantitative estimate of drug-likeness (QED) is 0.629. The fraction of sp³-hybridized carbons (Fsp3) is 0.368. The Morgan fingerprint density at radius 2 is 1.84 bits per heavy atom. The van der Waals surface area contributed by atoms with Gasteiger partial charge in [0.15, 0.2) is 0 Å². The number of hydrogen-bond acceptors (Lipinski definition) is 4. The largest absolute Gasteiger partial charge is 0.462 e. The van der Waals surface area contributed by atoms with Crippen molar-refractivity contribution < 1.29 is 14.3 Å². The van der Waals surface area contributed by atoms with Crippen molar-refractivity contribution >= 4 is 23.6 Å². The van der Waals surface area contributed by atoms with Gasteiger partial charge in [0.25, 0.3) is 5.91 Å². The summed E-state index contributed by atoms with van der Waals surface area (Å²) in [6.07, 6.45) is 2.03. The number of benzene rings is 1. The average molecular weight is 360 g/mol. The van der Waals surface area contributed by atoms with Crippen molar-refractivity contribution in [2.24, 2.45) is 0 Å². The van der Waals surface area contributed by atoms with Gasteiger partial charge < -0.3 is 14.6 Å². The van der Waals surface area contributed by atoms with Crippen molar-refractivity contribution in [1.82, 2.24) is 9.88 Å². The van der Waals surface area contributed by atoms with E-state index in [2.05, 4.69) is 4.98 Å². The van der Waals surface area contributed by atoms with Crippen LogP contribution in [0.1, 0.15) is 44.6 Å². The molecule has 1 amide bonds. The maximum Gasteiger partial charge on any atom is 0.340 e. The number of esters is 1. The van der Waals surface area contributed by atoms with E-state index in [0.29, 0.717) is 35.7 Å². The summed E-state index contributed by atoms with van der Waals surface area (Å²) in [5, 5.41) is 0. The third-order valence-electron chi connectivity index (χ3n) is 4.06. The van der Waals surface area contributed by atoms with Gasteiger partial charge in [-0.15, -0.1) is 11.8 Å². The van der Waals surface area contributed by atoms with Crippen LogP contribution in [-0.4, -0.2) is 41.7 Å². The minimum Gasteiger partial charge on any atom is -0.462 e. The second-order valence-electron chi connectivity index (χ2n) is 5.85. The Balaban J connectivity index is 2.18. The van der Waals surface area contributed by atoms with Gasteiger partial charge in [0, 0.05) is 24.2 Å². The molecule has 0 radical (unpaired) electrons. The van der Waals surface area contributed by atoms with Crippen LogP contribution in [0.3, 0.4) is 0 Å². The Kier molecular flexibility index (Phi) is 6.31. The zero-order valence-corrected chi connectivity index (χ0v) is 16.1. The van der Waals surface area contributed by atoms with E-state index in [-0.39, 0.29) is 5.91 Å². The fourth-order valence-electron chi connectivity index (χ4n) is 2.74. The minimum absolute atomic E-state index is 0.148. The highest BCUT2D eigenvalue weighted by Crippen LogP contribution is 2.21. The van der Waals surface area contributed by atoms with Crippen molar-refractivity contribution in [2.75, 3.05) is 19.9 Å². The topological polar surface area (TPSA) is 62.4 Å². The van der Waals surface area contributed by atoms with Crippen LogP contribution in [0.5, 0.6) is 0 Å². The van der Waals surface area contributed by atoms with Crippen molar-refractivity contribution in [3.05, 3.63) is 52.3 Å². The monoisotopic (exact) mass is 360 g/mol. The fourth-order valence-corrected chi connectivity index (χ4v) is 3.15. The van der Waals surface area contributed by atoms with Gasteiger partial charge in [0.2, 0.25) is 0 Å². The first kappa shape index (κ1) is 19.1. The standard InChI is InChI=1S/C19H24N2O3S/c1-6-24-19(23)16-12(2)17(20-13(16)3)18(22)21(4)11-14-7-9-15(25-5)10-8-14/h7-10,20H,6,11H2,1-5H3.